The first-order valence-corrected chi connectivity index (χ1v) is 7.55. The molecule has 6 heteroatoms. The Balaban J connectivity index is 1.70. The minimum absolute atomic E-state index is 0.130. The summed E-state index contributed by atoms with van der Waals surface area (Å²) in [5.41, 5.74) is 2.34. The second-order valence-electron chi connectivity index (χ2n) is 5.54. The van der Waals surface area contributed by atoms with E-state index in [0.717, 1.165) is 23.7 Å². The number of anilines is 1. The summed E-state index contributed by atoms with van der Waals surface area (Å²) in [7, 11) is 1.67. The standard InChI is InChI=1S/C17H17N5O/c1-23-14-6-4-12(5-7-14)16-9-15(13-3-2-8-18-10-13)21-17-19-11-20-22(16)17/h2-8,10-11,15-16H,9H2,1H3,(H,19,20,21)/t15-,16-/m1/s1. The quantitative estimate of drug-likeness (QED) is 0.806. The molecule has 3 aromatic rings. The Kier molecular flexibility index (Phi) is 3.42. The van der Waals surface area contributed by atoms with Crippen molar-refractivity contribution < 1.29 is 4.74 Å². The van der Waals surface area contributed by atoms with Gasteiger partial charge in [-0.25, -0.2) is 4.68 Å². The number of methoxy groups -OCH3 is 1. The highest BCUT2D eigenvalue weighted by atomic mass is 16.5. The predicted octanol–water partition coefficient (Wildman–Crippen LogP) is 2.83. The number of benzene rings is 1. The van der Waals surface area contributed by atoms with Crippen molar-refractivity contribution in [1.82, 2.24) is 19.7 Å². The molecule has 1 aliphatic rings. The first-order chi connectivity index (χ1) is 11.3. The molecule has 0 fully saturated rings. The fourth-order valence-electron chi connectivity index (χ4n) is 3.02. The van der Waals surface area contributed by atoms with E-state index in [9.17, 15) is 0 Å². The second-order valence-corrected chi connectivity index (χ2v) is 5.54. The molecule has 1 N–H and O–H groups in total. The van der Waals surface area contributed by atoms with Gasteiger partial charge in [0.05, 0.1) is 19.2 Å². The van der Waals surface area contributed by atoms with Crippen LogP contribution in [0.1, 0.15) is 29.6 Å². The molecule has 2 atom stereocenters. The van der Waals surface area contributed by atoms with E-state index in [0.29, 0.717) is 0 Å². The summed E-state index contributed by atoms with van der Waals surface area (Å²) in [6, 6.07) is 12.5. The van der Waals surface area contributed by atoms with Crippen molar-refractivity contribution >= 4 is 5.95 Å². The second kappa shape index (κ2) is 5.72. The third-order valence-electron chi connectivity index (χ3n) is 4.22. The van der Waals surface area contributed by atoms with Gasteiger partial charge in [0.25, 0.3) is 0 Å². The van der Waals surface area contributed by atoms with Crippen LogP contribution in [0.5, 0.6) is 5.75 Å². The topological polar surface area (TPSA) is 64.9 Å². The van der Waals surface area contributed by atoms with Crippen LogP contribution in [0.25, 0.3) is 0 Å². The zero-order valence-corrected chi connectivity index (χ0v) is 12.8. The predicted molar refractivity (Wildman–Crippen MR) is 86.4 cm³/mol. The smallest absolute Gasteiger partial charge is 0.222 e. The van der Waals surface area contributed by atoms with Crippen molar-refractivity contribution in [3.8, 4) is 5.75 Å². The molecule has 1 aromatic carbocycles. The maximum atomic E-state index is 5.25. The van der Waals surface area contributed by atoms with Gasteiger partial charge >= 0.3 is 0 Å². The Morgan fingerprint density at radius 3 is 2.78 bits per heavy atom. The third-order valence-corrected chi connectivity index (χ3v) is 4.22. The molecule has 23 heavy (non-hydrogen) atoms. The molecule has 6 nitrogen and oxygen atoms in total. The maximum absolute atomic E-state index is 5.25. The molecular weight excluding hydrogens is 290 g/mol. The summed E-state index contributed by atoms with van der Waals surface area (Å²) in [6.45, 7) is 0. The molecule has 3 heterocycles. The number of hydrogen-bond donors (Lipinski definition) is 1. The largest absolute Gasteiger partial charge is 0.497 e. The van der Waals surface area contributed by atoms with E-state index in [-0.39, 0.29) is 12.1 Å². The van der Waals surface area contributed by atoms with Crippen molar-refractivity contribution in [2.45, 2.75) is 18.5 Å². The molecule has 0 saturated carbocycles. The van der Waals surface area contributed by atoms with E-state index in [1.54, 1.807) is 19.6 Å². The average molecular weight is 307 g/mol. The van der Waals surface area contributed by atoms with Crippen molar-refractivity contribution in [2.75, 3.05) is 12.4 Å². The molecule has 0 saturated heterocycles. The van der Waals surface area contributed by atoms with Crippen LogP contribution in [0.3, 0.4) is 0 Å². The lowest BCUT2D eigenvalue weighted by atomic mass is 9.94. The molecule has 0 aliphatic carbocycles. The molecule has 0 unspecified atom stereocenters. The average Bonchev–Trinajstić information content (AvgIpc) is 3.10. The summed E-state index contributed by atoms with van der Waals surface area (Å²) in [5.74, 6) is 1.64. The van der Waals surface area contributed by atoms with E-state index in [2.05, 4.69) is 38.6 Å². The third kappa shape index (κ3) is 2.52. The lowest BCUT2D eigenvalue weighted by Crippen LogP contribution is -2.28. The van der Waals surface area contributed by atoms with E-state index < -0.39 is 0 Å². The fraction of sp³-hybridized carbons (Fsp3) is 0.235. The Labute approximate surface area is 134 Å². The Hall–Kier alpha value is -2.89. The van der Waals surface area contributed by atoms with Crippen molar-refractivity contribution in [1.29, 1.82) is 0 Å². The maximum Gasteiger partial charge on any atom is 0.222 e. The van der Waals surface area contributed by atoms with E-state index in [4.69, 9.17) is 4.74 Å². The Morgan fingerprint density at radius 2 is 2.04 bits per heavy atom. The number of ether oxygens (including phenoxy) is 1. The zero-order chi connectivity index (χ0) is 15.6. The number of hydrogen-bond acceptors (Lipinski definition) is 5. The molecule has 0 amide bonds. The highest BCUT2D eigenvalue weighted by Crippen LogP contribution is 2.37. The lowest BCUT2D eigenvalue weighted by Gasteiger charge is -2.31. The van der Waals surface area contributed by atoms with Crippen molar-refractivity contribution in [3.05, 3.63) is 66.2 Å². The molecule has 4 rings (SSSR count). The van der Waals surface area contributed by atoms with Gasteiger partial charge in [0.2, 0.25) is 5.95 Å². The van der Waals surface area contributed by atoms with Gasteiger partial charge in [-0.1, -0.05) is 18.2 Å². The highest BCUT2D eigenvalue weighted by molar-refractivity contribution is 5.38. The summed E-state index contributed by atoms with van der Waals surface area (Å²) < 4.78 is 7.19. The molecule has 116 valence electrons. The van der Waals surface area contributed by atoms with Gasteiger partial charge in [0, 0.05) is 12.4 Å². The summed E-state index contributed by atoms with van der Waals surface area (Å²) in [6.07, 6.45) is 6.16. The SMILES string of the molecule is COc1ccc([C@H]2C[C@H](c3cccnc3)Nc3ncnn32)cc1. The number of pyridine rings is 1. The van der Waals surface area contributed by atoms with E-state index in [1.807, 2.05) is 29.1 Å². The normalized spacial score (nSPS) is 19.7. The van der Waals surface area contributed by atoms with Gasteiger partial charge in [-0.05, 0) is 35.7 Å². The first kappa shape index (κ1) is 13.8. The number of aromatic nitrogens is 4. The molecule has 1 aliphatic heterocycles. The molecular formula is C17H17N5O. The lowest BCUT2D eigenvalue weighted by molar-refractivity contribution is 0.411. The van der Waals surface area contributed by atoms with Gasteiger partial charge in [0.15, 0.2) is 0 Å². The van der Waals surface area contributed by atoms with E-state index in [1.165, 1.54) is 5.56 Å². The number of fused-ring (bicyclic) bond motifs is 1. The minimum Gasteiger partial charge on any atom is -0.497 e. The van der Waals surface area contributed by atoms with Crippen LogP contribution >= 0.6 is 0 Å². The number of rotatable bonds is 3. The van der Waals surface area contributed by atoms with Gasteiger partial charge in [-0.3, -0.25) is 4.98 Å². The van der Waals surface area contributed by atoms with Gasteiger partial charge in [-0.2, -0.15) is 10.1 Å². The van der Waals surface area contributed by atoms with Crippen LogP contribution in [0, 0.1) is 0 Å². The molecule has 0 spiro atoms. The van der Waals surface area contributed by atoms with Crippen LogP contribution in [-0.4, -0.2) is 26.9 Å². The van der Waals surface area contributed by atoms with Gasteiger partial charge in [-0.15, -0.1) is 0 Å². The summed E-state index contributed by atoms with van der Waals surface area (Å²) in [4.78, 5) is 8.56. The molecule has 0 bridgehead atoms. The van der Waals surface area contributed by atoms with Crippen LogP contribution in [0.2, 0.25) is 0 Å². The number of nitrogens with zero attached hydrogens (tertiary/aromatic N) is 4. The van der Waals surface area contributed by atoms with E-state index >= 15 is 0 Å². The zero-order valence-electron chi connectivity index (χ0n) is 12.8. The molecule has 0 radical (unpaired) electrons. The van der Waals surface area contributed by atoms with Crippen molar-refractivity contribution in [2.24, 2.45) is 0 Å². The monoisotopic (exact) mass is 307 g/mol. The Bertz CT molecular complexity index is 784. The molecule has 2 aromatic heterocycles. The first-order valence-electron chi connectivity index (χ1n) is 7.55. The van der Waals surface area contributed by atoms with Crippen LogP contribution < -0.4 is 10.1 Å². The van der Waals surface area contributed by atoms with Gasteiger partial charge in [0.1, 0.15) is 12.1 Å². The minimum atomic E-state index is 0.130. The van der Waals surface area contributed by atoms with Gasteiger partial charge < -0.3 is 10.1 Å². The Morgan fingerprint density at radius 1 is 1.17 bits per heavy atom. The van der Waals surface area contributed by atoms with Crippen molar-refractivity contribution in [3.63, 3.8) is 0 Å². The highest BCUT2D eigenvalue weighted by Gasteiger charge is 2.29. The summed E-state index contributed by atoms with van der Waals surface area (Å²) in [5, 5.41) is 7.82. The number of nitrogens with one attached hydrogen (secondary N) is 1. The van der Waals surface area contributed by atoms with Crippen LogP contribution in [0.15, 0.2) is 55.1 Å². The fourth-order valence-corrected chi connectivity index (χ4v) is 3.02. The summed E-state index contributed by atoms with van der Waals surface area (Å²) >= 11 is 0. The van der Waals surface area contributed by atoms with Crippen LogP contribution in [-0.2, 0) is 0 Å². The van der Waals surface area contributed by atoms with Crippen LogP contribution in [0.4, 0.5) is 5.95 Å².